The third-order valence-electron chi connectivity index (χ3n) is 3.08. The SMILES string of the molecule is Cc1ccc(C)c(CC(=O)c2cc(Cl)ccc2Br)c1. The van der Waals surface area contributed by atoms with Crippen LogP contribution in [0, 0.1) is 13.8 Å². The third-order valence-corrected chi connectivity index (χ3v) is 4.01. The van der Waals surface area contributed by atoms with Gasteiger partial charge in [-0.05, 0) is 43.2 Å². The van der Waals surface area contributed by atoms with E-state index in [1.54, 1.807) is 18.2 Å². The summed E-state index contributed by atoms with van der Waals surface area (Å²) in [4.78, 5) is 12.4. The van der Waals surface area contributed by atoms with Crippen LogP contribution >= 0.6 is 27.5 Å². The minimum Gasteiger partial charge on any atom is -0.294 e. The molecule has 0 heterocycles. The molecular weight excluding hydrogens is 324 g/mol. The van der Waals surface area contributed by atoms with Crippen LogP contribution in [0.1, 0.15) is 27.0 Å². The van der Waals surface area contributed by atoms with E-state index < -0.39 is 0 Å². The molecule has 0 spiro atoms. The van der Waals surface area contributed by atoms with Gasteiger partial charge in [-0.3, -0.25) is 4.79 Å². The van der Waals surface area contributed by atoms with Gasteiger partial charge in [0, 0.05) is 21.5 Å². The molecular formula is C16H14BrClO. The minimum atomic E-state index is 0.0723. The lowest BCUT2D eigenvalue weighted by Gasteiger charge is -2.08. The van der Waals surface area contributed by atoms with E-state index in [9.17, 15) is 4.79 Å². The lowest BCUT2D eigenvalue weighted by atomic mass is 9.98. The van der Waals surface area contributed by atoms with Crippen LogP contribution < -0.4 is 0 Å². The van der Waals surface area contributed by atoms with Crippen molar-refractivity contribution in [3.63, 3.8) is 0 Å². The van der Waals surface area contributed by atoms with Crippen LogP contribution in [0.4, 0.5) is 0 Å². The average Bonchev–Trinajstić information content (AvgIpc) is 2.36. The number of halogens is 2. The van der Waals surface area contributed by atoms with Crippen LogP contribution in [0.3, 0.4) is 0 Å². The fourth-order valence-electron chi connectivity index (χ4n) is 1.97. The quantitative estimate of drug-likeness (QED) is 0.708. The fraction of sp³-hybridized carbons (Fsp3) is 0.188. The Morgan fingerprint density at radius 1 is 1.16 bits per heavy atom. The van der Waals surface area contributed by atoms with E-state index in [4.69, 9.17) is 11.6 Å². The molecule has 0 unspecified atom stereocenters. The number of aryl methyl sites for hydroxylation is 2. The van der Waals surface area contributed by atoms with E-state index in [1.165, 1.54) is 5.56 Å². The van der Waals surface area contributed by atoms with Crippen LogP contribution in [0.15, 0.2) is 40.9 Å². The van der Waals surface area contributed by atoms with Gasteiger partial charge in [-0.15, -0.1) is 0 Å². The monoisotopic (exact) mass is 336 g/mol. The minimum absolute atomic E-state index is 0.0723. The Labute approximate surface area is 126 Å². The average molecular weight is 338 g/mol. The summed E-state index contributed by atoms with van der Waals surface area (Å²) < 4.78 is 0.784. The maximum atomic E-state index is 12.4. The first-order valence-electron chi connectivity index (χ1n) is 6.02. The van der Waals surface area contributed by atoms with Gasteiger partial charge in [0.15, 0.2) is 5.78 Å². The van der Waals surface area contributed by atoms with Crippen molar-refractivity contribution in [1.29, 1.82) is 0 Å². The molecule has 0 aliphatic heterocycles. The van der Waals surface area contributed by atoms with Gasteiger partial charge in [0.25, 0.3) is 0 Å². The molecule has 0 fully saturated rings. The lowest BCUT2D eigenvalue weighted by Crippen LogP contribution is -2.06. The number of carbonyl (C=O) groups is 1. The first kappa shape index (κ1) is 14.3. The predicted octanol–water partition coefficient (Wildman–Crippen LogP) is 5.14. The van der Waals surface area contributed by atoms with Gasteiger partial charge in [-0.2, -0.15) is 0 Å². The van der Waals surface area contributed by atoms with Crippen LogP contribution in [-0.4, -0.2) is 5.78 Å². The highest BCUT2D eigenvalue weighted by atomic mass is 79.9. The van der Waals surface area contributed by atoms with Crippen LogP contribution in [0.25, 0.3) is 0 Å². The standard InChI is InChI=1S/C16H14BrClO/c1-10-3-4-11(2)12(7-10)8-16(19)14-9-13(18)5-6-15(14)17/h3-7,9H,8H2,1-2H3. The molecule has 0 aliphatic carbocycles. The van der Waals surface area contributed by atoms with Gasteiger partial charge in [0.1, 0.15) is 0 Å². The number of carbonyl (C=O) groups excluding carboxylic acids is 1. The second-order valence-electron chi connectivity index (χ2n) is 4.65. The molecule has 98 valence electrons. The Balaban J connectivity index is 2.30. The van der Waals surface area contributed by atoms with E-state index in [1.807, 2.05) is 19.9 Å². The summed E-state index contributed by atoms with van der Waals surface area (Å²) in [5.74, 6) is 0.0723. The molecule has 2 rings (SSSR count). The maximum Gasteiger partial charge on any atom is 0.168 e. The van der Waals surface area contributed by atoms with Gasteiger partial charge in [-0.1, -0.05) is 51.3 Å². The van der Waals surface area contributed by atoms with E-state index in [0.29, 0.717) is 17.0 Å². The molecule has 0 saturated heterocycles. The van der Waals surface area contributed by atoms with Crippen molar-refractivity contribution >= 4 is 33.3 Å². The summed E-state index contributed by atoms with van der Waals surface area (Å²) in [7, 11) is 0. The number of hydrogen-bond donors (Lipinski definition) is 0. The highest BCUT2D eigenvalue weighted by molar-refractivity contribution is 9.10. The molecule has 0 atom stereocenters. The summed E-state index contributed by atoms with van der Waals surface area (Å²) in [5.41, 5.74) is 4.00. The smallest absolute Gasteiger partial charge is 0.168 e. The topological polar surface area (TPSA) is 17.1 Å². The molecule has 19 heavy (non-hydrogen) atoms. The van der Waals surface area contributed by atoms with Gasteiger partial charge >= 0.3 is 0 Å². The zero-order valence-corrected chi connectivity index (χ0v) is 13.2. The molecule has 0 N–H and O–H groups in total. The van der Waals surface area contributed by atoms with Gasteiger partial charge < -0.3 is 0 Å². The van der Waals surface area contributed by atoms with E-state index >= 15 is 0 Å². The van der Waals surface area contributed by atoms with E-state index in [2.05, 4.69) is 28.1 Å². The van der Waals surface area contributed by atoms with Gasteiger partial charge in [0.2, 0.25) is 0 Å². The fourth-order valence-corrected chi connectivity index (χ4v) is 2.61. The van der Waals surface area contributed by atoms with Crippen molar-refractivity contribution in [2.45, 2.75) is 20.3 Å². The highest BCUT2D eigenvalue weighted by Crippen LogP contribution is 2.23. The zero-order chi connectivity index (χ0) is 14.0. The van der Waals surface area contributed by atoms with Crippen LogP contribution in [-0.2, 0) is 6.42 Å². The molecule has 3 heteroatoms. The number of hydrogen-bond acceptors (Lipinski definition) is 1. The van der Waals surface area contributed by atoms with Crippen molar-refractivity contribution in [2.75, 3.05) is 0 Å². The third kappa shape index (κ3) is 3.46. The molecule has 0 aliphatic rings. The van der Waals surface area contributed by atoms with Gasteiger partial charge in [0.05, 0.1) is 0 Å². The summed E-state index contributed by atoms with van der Waals surface area (Å²) in [6, 6.07) is 11.4. The largest absolute Gasteiger partial charge is 0.294 e. The van der Waals surface area contributed by atoms with Gasteiger partial charge in [-0.25, -0.2) is 0 Å². The Morgan fingerprint density at radius 2 is 1.89 bits per heavy atom. The Bertz CT molecular complexity index is 635. The molecule has 0 bridgehead atoms. The Morgan fingerprint density at radius 3 is 2.63 bits per heavy atom. The molecule has 1 nitrogen and oxygen atoms in total. The number of Topliss-reactive ketones (excluding diaryl/α,β-unsaturated/α-hetero) is 1. The van der Waals surface area contributed by atoms with Crippen molar-refractivity contribution in [3.8, 4) is 0 Å². The van der Waals surface area contributed by atoms with Crippen LogP contribution in [0.5, 0.6) is 0 Å². The predicted molar refractivity (Wildman–Crippen MR) is 83.1 cm³/mol. The molecule has 0 aromatic heterocycles. The summed E-state index contributed by atoms with van der Waals surface area (Å²) >= 11 is 9.35. The first-order chi connectivity index (χ1) is 8.97. The van der Waals surface area contributed by atoms with E-state index in [0.717, 1.165) is 15.6 Å². The summed E-state index contributed by atoms with van der Waals surface area (Å²) in [6.07, 6.45) is 0.395. The second-order valence-corrected chi connectivity index (χ2v) is 5.94. The highest BCUT2D eigenvalue weighted by Gasteiger charge is 2.12. The normalized spacial score (nSPS) is 10.5. The molecule has 0 saturated carbocycles. The molecule has 0 radical (unpaired) electrons. The molecule has 2 aromatic rings. The maximum absolute atomic E-state index is 12.4. The van der Waals surface area contributed by atoms with Crippen molar-refractivity contribution < 1.29 is 4.79 Å². The lowest BCUT2D eigenvalue weighted by molar-refractivity contribution is 0.0992. The second kappa shape index (κ2) is 5.89. The number of ketones is 1. The van der Waals surface area contributed by atoms with Crippen molar-refractivity contribution in [2.24, 2.45) is 0 Å². The van der Waals surface area contributed by atoms with Crippen molar-refractivity contribution in [3.05, 3.63) is 68.1 Å². The molecule has 2 aromatic carbocycles. The number of benzene rings is 2. The molecule has 0 amide bonds. The van der Waals surface area contributed by atoms with Crippen LogP contribution in [0.2, 0.25) is 5.02 Å². The van der Waals surface area contributed by atoms with E-state index in [-0.39, 0.29) is 5.78 Å². The Kier molecular flexibility index (Phi) is 4.43. The summed E-state index contributed by atoms with van der Waals surface area (Å²) in [5, 5.41) is 0.576. The summed E-state index contributed by atoms with van der Waals surface area (Å²) in [6.45, 7) is 4.05. The first-order valence-corrected chi connectivity index (χ1v) is 7.19. The Hall–Kier alpha value is -1.12. The van der Waals surface area contributed by atoms with Crippen molar-refractivity contribution in [1.82, 2.24) is 0 Å². The zero-order valence-electron chi connectivity index (χ0n) is 10.8. The number of rotatable bonds is 3.